The second kappa shape index (κ2) is 8.17. The van der Waals surface area contributed by atoms with Gasteiger partial charge in [-0.05, 0) is 37.6 Å². The monoisotopic (exact) mass is 373 g/mol. The first-order chi connectivity index (χ1) is 12.8. The van der Waals surface area contributed by atoms with Crippen molar-refractivity contribution in [2.45, 2.75) is 13.8 Å². The van der Waals surface area contributed by atoms with Gasteiger partial charge in [-0.25, -0.2) is 9.59 Å². The lowest BCUT2D eigenvalue weighted by Gasteiger charge is -2.14. The topological polar surface area (TPSA) is 148 Å². The van der Waals surface area contributed by atoms with E-state index in [-0.39, 0.29) is 29.9 Å². The van der Waals surface area contributed by atoms with Crippen LogP contribution in [0.1, 0.15) is 34.6 Å². The predicted molar refractivity (Wildman–Crippen MR) is 99.3 cm³/mol. The first-order valence-electron chi connectivity index (χ1n) is 8.12. The van der Waals surface area contributed by atoms with Crippen molar-refractivity contribution < 1.29 is 24.0 Å². The standard InChI is InChI=1S/C18H19N3O6/c1-3-26-17(22)13-9-12(10-5-7-11(19)8-6-10)14(18(23)27-4-2)16(15(13)20)21(24)25/h5-9H,3-4,19-20H2,1-2H3. The van der Waals surface area contributed by atoms with E-state index in [0.29, 0.717) is 11.3 Å². The van der Waals surface area contributed by atoms with Crippen LogP contribution in [0.25, 0.3) is 11.1 Å². The zero-order chi connectivity index (χ0) is 20.1. The zero-order valence-corrected chi connectivity index (χ0v) is 14.9. The SMILES string of the molecule is CCOC(=O)c1cc(-c2ccc(N)cc2)c(C(=O)OCC)c([N+](=O)[O-])c1N. The third kappa shape index (κ3) is 3.97. The van der Waals surface area contributed by atoms with E-state index in [9.17, 15) is 19.7 Å². The van der Waals surface area contributed by atoms with Crippen LogP contribution in [0.4, 0.5) is 17.1 Å². The molecular weight excluding hydrogens is 354 g/mol. The van der Waals surface area contributed by atoms with Crippen LogP contribution in [-0.4, -0.2) is 30.1 Å². The lowest BCUT2D eigenvalue weighted by molar-refractivity contribution is -0.384. The van der Waals surface area contributed by atoms with Crippen LogP contribution in [0.15, 0.2) is 30.3 Å². The van der Waals surface area contributed by atoms with Gasteiger partial charge in [-0.3, -0.25) is 10.1 Å². The van der Waals surface area contributed by atoms with Crippen LogP contribution in [0.2, 0.25) is 0 Å². The third-order valence-corrected chi connectivity index (χ3v) is 3.72. The molecular formula is C18H19N3O6. The van der Waals surface area contributed by atoms with E-state index < -0.39 is 28.2 Å². The van der Waals surface area contributed by atoms with Gasteiger partial charge in [0.2, 0.25) is 0 Å². The summed E-state index contributed by atoms with van der Waals surface area (Å²) in [6, 6.07) is 7.57. The Hall–Kier alpha value is -3.62. The molecule has 9 nitrogen and oxygen atoms in total. The Morgan fingerprint density at radius 2 is 1.59 bits per heavy atom. The van der Waals surface area contributed by atoms with E-state index in [2.05, 4.69) is 0 Å². The molecule has 9 heteroatoms. The highest BCUT2D eigenvalue weighted by atomic mass is 16.6. The molecule has 0 atom stereocenters. The number of benzene rings is 2. The predicted octanol–water partition coefficient (Wildman–Crippen LogP) is 2.78. The van der Waals surface area contributed by atoms with Crippen LogP contribution >= 0.6 is 0 Å². The molecule has 4 N–H and O–H groups in total. The second-order valence-electron chi connectivity index (χ2n) is 5.43. The van der Waals surface area contributed by atoms with Gasteiger partial charge in [0.05, 0.1) is 23.7 Å². The van der Waals surface area contributed by atoms with Gasteiger partial charge in [-0.1, -0.05) is 12.1 Å². The van der Waals surface area contributed by atoms with Crippen molar-refractivity contribution in [3.05, 3.63) is 51.6 Å². The molecule has 0 aliphatic carbocycles. The van der Waals surface area contributed by atoms with E-state index >= 15 is 0 Å². The largest absolute Gasteiger partial charge is 0.462 e. The molecule has 0 spiro atoms. The summed E-state index contributed by atoms with van der Waals surface area (Å²) in [7, 11) is 0. The van der Waals surface area contributed by atoms with E-state index in [1.807, 2.05) is 0 Å². The molecule has 2 rings (SSSR count). The maximum absolute atomic E-state index is 12.5. The number of nitrogens with zero attached hydrogens (tertiary/aromatic N) is 1. The summed E-state index contributed by atoms with van der Waals surface area (Å²) >= 11 is 0. The van der Waals surface area contributed by atoms with Gasteiger partial charge in [0.1, 0.15) is 11.3 Å². The summed E-state index contributed by atoms with van der Waals surface area (Å²) in [5.41, 5.74) is 10.8. The zero-order valence-electron chi connectivity index (χ0n) is 14.9. The molecule has 0 aliphatic rings. The Bertz CT molecular complexity index is 893. The van der Waals surface area contributed by atoms with Crippen LogP contribution in [-0.2, 0) is 9.47 Å². The number of carbonyl (C=O) groups is 2. The van der Waals surface area contributed by atoms with Crippen LogP contribution in [0.3, 0.4) is 0 Å². The minimum Gasteiger partial charge on any atom is -0.462 e. The average molecular weight is 373 g/mol. The number of hydrogen-bond donors (Lipinski definition) is 2. The third-order valence-electron chi connectivity index (χ3n) is 3.72. The minimum atomic E-state index is -0.918. The minimum absolute atomic E-state index is 0.0106. The number of nitrogens with two attached hydrogens (primary N) is 2. The Balaban J connectivity index is 2.88. The quantitative estimate of drug-likeness (QED) is 0.340. The molecule has 0 aromatic heterocycles. The van der Waals surface area contributed by atoms with Crippen LogP contribution in [0, 0.1) is 10.1 Å². The molecule has 2 aromatic carbocycles. The van der Waals surface area contributed by atoms with E-state index in [1.54, 1.807) is 38.1 Å². The number of ether oxygens (including phenoxy) is 2. The summed E-state index contributed by atoms with van der Waals surface area (Å²) in [6.45, 7) is 3.24. The lowest BCUT2D eigenvalue weighted by Crippen LogP contribution is -2.16. The average Bonchev–Trinajstić information content (AvgIpc) is 2.62. The van der Waals surface area contributed by atoms with Crippen molar-refractivity contribution in [1.29, 1.82) is 0 Å². The highest BCUT2D eigenvalue weighted by molar-refractivity contribution is 6.09. The van der Waals surface area contributed by atoms with Gasteiger partial charge in [0.25, 0.3) is 0 Å². The number of carbonyl (C=O) groups excluding carboxylic acids is 2. The number of nitro groups is 1. The van der Waals surface area contributed by atoms with Gasteiger partial charge in [0.15, 0.2) is 0 Å². The molecule has 0 fully saturated rings. The van der Waals surface area contributed by atoms with Crippen molar-refractivity contribution >= 4 is 29.0 Å². The maximum Gasteiger partial charge on any atom is 0.345 e. The normalized spacial score (nSPS) is 10.3. The molecule has 0 amide bonds. The molecule has 0 radical (unpaired) electrons. The smallest absolute Gasteiger partial charge is 0.345 e. The fourth-order valence-electron chi connectivity index (χ4n) is 2.55. The first kappa shape index (κ1) is 19.7. The maximum atomic E-state index is 12.5. The summed E-state index contributed by atoms with van der Waals surface area (Å²) in [6.07, 6.45) is 0. The van der Waals surface area contributed by atoms with Gasteiger partial charge >= 0.3 is 17.6 Å². The fourth-order valence-corrected chi connectivity index (χ4v) is 2.55. The fraction of sp³-hybridized carbons (Fsp3) is 0.222. The van der Waals surface area contributed by atoms with E-state index in [0.717, 1.165) is 0 Å². The Kier molecular flexibility index (Phi) is 5.96. The van der Waals surface area contributed by atoms with Gasteiger partial charge < -0.3 is 20.9 Å². The molecule has 27 heavy (non-hydrogen) atoms. The van der Waals surface area contributed by atoms with Crippen LogP contribution in [0.5, 0.6) is 0 Å². The molecule has 0 saturated heterocycles. The molecule has 0 bridgehead atoms. The summed E-state index contributed by atoms with van der Waals surface area (Å²) in [5.74, 6) is -1.75. The van der Waals surface area contributed by atoms with Crippen molar-refractivity contribution in [2.75, 3.05) is 24.7 Å². The van der Waals surface area contributed by atoms with Crippen molar-refractivity contribution in [3.8, 4) is 11.1 Å². The Morgan fingerprint density at radius 3 is 2.11 bits per heavy atom. The van der Waals surface area contributed by atoms with E-state index in [1.165, 1.54) is 6.07 Å². The summed E-state index contributed by atoms with van der Waals surface area (Å²) < 4.78 is 9.89. The van der Waals surface area contributed by atoms with Gasteiger partial charge in [-0.2, -0.15) is 0 Å². The van der Waals surface area contributed by atoms with Gasteiger partial charge in [0, 0.05) is 11.3 Å². The van der Waals surface area contributed by atoms with Crippen LogP contribution < -0.4 is 11.5 Å². The lowest BCUT2D eigenvalue weighted by atomic mass is 9.94. The van der Waals surface area contributed by atoms with Crippen molar-refractivity contribution in [3.63, 3.8) is 0 Å². The number of anilines is 2. The molecule has 0 unspecified atom stereocenters. The van der Waals surface area contributed by atoms with Crippen molar-refractivity contribution in [2.24, 2.45) is 0 Å². The van der Waals surface area contributed by atoms with E-state index in [4.69, 9.17) is 20.9 Å². The second-order valence-corrected chi connectivity index (χ2v) is 5.43. The summed E-state index contributed by atoms with van der Waals surface area (Å²) in [5, 5.41) is 11.7. The molecule has 0 heterocycles. The molecule has 0 saturated carbocycles. The Labute approximate surface area is 155 Å². The van der Waals surface area contributed by atoms with Crippen molar-refractivity contribution in [1.82, 2.24) is 0 Å². The number of nitrogen functional groups attached to an aromatic ring is 2. The molecule has 2 aromatic rings. The number of rotatable bonds is 6. The highest BCUT2D eigenvalue weighted by Gasteiger charge is 2.33. The number of hydrogen-bond acceptors (Lipinski definition) is 8. The Morgan fingerprint density at radius 1 is 1.04 bits per heavy atom. The van der Waals surface area contributed by atoms with Gasteiger partial charge in [-0.15, -0.1) is 0 Å². The highest BCUT2D eigenvalue weighted by Crippen LogP contribution is 2.39. The number of nitro benzene ring substituents is 1. The molecule has 142 valence electrons. The first-order valence-corrected chi connectivity index (χ1v) is 8.12. The number of esters is 2. The molecule has 0 aliphatic heterocycles. The summed E-state index contributed by atoms with van der Waals surface area (Å²) in [4.78, 5) is 35.5.